The monoisotopic (exact) mass is 295 g/mol. The molecule has 0 saturated heterocycles. The fourth-order valence-electron chi connectivity index (χ4n) is 2.01. The number of carbonyl (C=O) groups excluding carboxylic acids is 1. The van der Waals surface area contributed by atoms with Crippen molar-refractivity contribution in [3.8, 4) is 5.75 Å². The molecule has 1 aromatic rings. The summed E-state index contributed by atoms with van der Waals surface area (Å²) in [5.74, 6) is 0.0262. The number of nitro benzene ring substituents is 1. The lowest BCUT2D eigenvalue weighted by Crippen LogP contribution is -2.30. The first-order valence-electron chi connectivity index (χ1n) is 6.55. The number of amides is 1. The number of carbonyl (C=O) groups is 1. The second-order valence-corrected chi connectivity index (χ2v) is 5.14. The van der Waals surface area contributed by atoms with E-state index >= 15 is 0 Å². The highest BCUT2D eigenvalue weighted by molar-refractivity contribution is 5.96. The molecular formula is C13H17N3O5. The van der Waals surface area contributed by atoms with Gasteiger partial charge in [0.25, 0.3) is 11.6 Å². The van der Waals surface area contributed by atoms with Crippen LogP contribution in [-0.4, -0.2) is 35.2 Å². The molecular weight excluding hydrogens is 278 g/mol. The molecule has 1 unspecified atom stereocenters. The Labute approximate surface area is 121 Å². The summed E-state index contributed by atoms with van der Waals surface area (Å²) >= 11 is 0. The molecule has 114 valence electrons. The number of rotatable bonds is 5. The van der Waals surface area contributed by atoms with Crippen molar-refractivity contribution in [3.05, 3.63) is 22.2 Å². The number of nitro groups is 1. The van der Waals surface area contributed by atoms with E-state index in [1.165, 1.54) is 12.1 Å². The third-order valence-corrected chi connectivity index (χ3v) is 3.27. The zero-order valence-corrected chi connectivity index (χ0v) is 11.8. The lowest BCUT2D eigenvalue weighted by Gasteiger charge is -2.23. The van der Waals surface area contributed by atoms with E-state index in [1.54, 1.807) is 0 Å². The summed E-state index contributed by atoms with van der Waals surface area (Å²) < 4.78 is 5.17. The summed E-state index contributed by atoms with van der Waals surface area (Å²) in [6.45, 7) is 3.46. The Bertz CT molecular complexity index is 573. The number of benzene rings is 1. The minimum atomic E-state index is -0.531. The summed E-state index contributed by atoms with van der Waals surface area (Å²) in [6, 6.07) is 2.39. The molecule has 3 N–H and O–H groups in total. The van der Waals surface area contributed by atoms with Crippen LogP contribution in [0.5, 0.6) is 5.75 Å². The number of fused-ring (bicyclic) bond motifs is 1. The molecule has 1 aliphatic rings. The molecule has 0 aliphatic carbocycles. The lowest BCUT2D eigenvalue weighted by molar-refractivity contribution is -0.384. The van der Waals surface area contributed by atoms with Crippen molar-refractivity contribution in [2.45, 2.75) is 19.9 Å². The van der Waals surface area contributed by atoms with Gasteiger partial charge >= 0.3 is 0 Å². The molecule has 21 heavy (non-hydrogen) atoms. The molecule has 0 radical (unpaired) electrons. The van der Waals surface area contributed by atoms with E-state index < -0.39 is 4.92 Å². The maximum absolute atomic E-state index is 11.3. The number of aliphatic hydroxyl groups is 1. The van der Waals surface area contributed by atoms with E-state index in [0.717, 1.165) is 0 Å². The van der Waals surface area contributed by atoms with Crippen LogP contribution in [0.4, 0.5) is 17.1 Å². The highest BCUT2D eigenvalue weighted by Gasteiger charge is 2.25. The third kappa shape index (κ3) is 3.22. The molecule has 0 aromatic heterocycles. The average Bonchev–Trinajstić information content (AvgIpc) is 2.43. The van der Waals surface area contributed by atoms with E-state index in [1.807, 2.05) is 13.8 Å². The first kappa shape index (κ1) is 15.0. The zero-order chi connectivity index (χ0) is 15.6. The molecule has 8 nitrogen and oxygen atoms in total. The molecule has 1 atom stereocenters. The van der Waals surface area contributed by atoms with Gasteiger partial charge in [-0.3, -0.25) is 14.9 Å². The van der Waals surface area contributed by atoms with Crippen molar-refractivity contribution in [1.82, 2.24) is 0 Å². The predicted molar refractivity (Wildman–Crippen MR) is 76.6 cm³/mol. The van der Waals surface area contributed by atoms with Crippen LogP contribution in [0, 0.1) is 16.0 Å². The van der Waals surface area contributed by atoms with Crippen molar-refractivity contribution in [2.75, 3.05) is 23.8 Å². The maximum Gasteiger partial charge on any atom is 0.296 e. The van der Waals surface area contributed by atoms with Crippen LogP contribution in [0.2, 0.25) is 0 Å². The van der Waals surface area contributed by atoms with Gasteiger partial charge in [0.15, 0.2) is 12.4 Å². The Morgan fingerprint density at radius 2 is 2.24 bits per heavy atom. The molecule has 0 saturated carbocycles. The van der Waals surface area contributed by atoms with Gasteiger partial charge in [0.2, 0.25) is 0 Å². The van der Waals surface area contributed by atoms with Gasteiger partial charge < -0.3 is 20.5 Å². The van der Waals surface area contributed by atoms with Crippen LogP contribution in [0.25, 0.3) is 0 Å². The van der Waals surface area contributed by atoms with E-state index in [4.69, 9.17) is 4.74 Å². The largest absolute Gasteiger partial charge is 0.481 e. The summed E-state index contributed by atoms with van der Waals surface area (Å²) in [6.07, 6.45) is 0. The van der Waals surface area contributed by atoms with Crippen LogP contribution in [0.15, 0.2) is 12.1 Å². The van der Waals surface area contributed by atoms with E-state index in [2.05, 4.69) is 10.6 Å². The molecule has 0 bridgehead atoms. The van der Waals surface area contributed by atoms with Crippen LogP contribution in [0.1, 0.15) is 13.8 Å². The quantitative estimate of drug-likeness (QED) is 0.558. The standard InChI is InChI=1S/C13H17N3O5/c1-7(2)10(5-17)14-8-3-9-12(4-11(8)16(19)20)21-6-13(18)15-9/h3-4,7,10,14,17H,5-6H2,1-2H3,(H,15,18). The highest BCUT2D eigenvalue weighted by atomic mass is 16.6. The van der Waals surface area contributed by atoms with Crippen LogP contribution < -0.4 is 15.4 Å². The Morgan fingerprint density at radius 1 is 1.52 bits per heavy atom. The van der Waals surface area contributed by atoms with Gasteiger partial charge in [0, 0.05) is 0 Å². The second kappa shape index (κ2) is 5.96. The normalized spacial score (nSPS) is 15.0. The average molecular weight is 295 g/mol. The Kier molecular flexibility index (Phi) is 4.27. The molecule has 0 spiro atoms. The first-order chi connectivity index (χ1) is 9.92. The van der Waals surface area contributed by atoms with E-state index in [-0.39, 0.29) is 48.2 Å². The van der Waals surface area contributed by atoms with Gasteiger partial charge in [-0.25, -0.2) is 0 Å². The topological polar surface area (TPSA) is 114 Å². The summed E-state index contributed by atoms with van der Waals surface area (Å²) in [5, 5.41) is 26.1. The fraction of sp³-hybridized carbons (Fsp3) is 0.462. The number of aliphatic hydroxyl groups excluding tert-OH is 1. The minimum Gasteiger partial charge on any atom is -0.481 e. The predicted octanol–water partition coefficient (Wildman–Crippen LogP) is 1.35. The number of hydrogen-bond acceptors (Lipinski definition) is 6. The minimum absolute atomic E-state index is 0.0801. The van der Waals surface area contributed by atoms with Crippen molar-refractivity contribution < 1.29 is 19.6 Å². The van der Waals surface area contributed by atoms with Gasteiger partial charge in [0.05, 0.1) is 29.3 Å². The number of ether oxygens (including phenoxy) is 1. The molecule has 0 fully saturated rings. The Balaban J connectivity index is 2.40. The van der Waals surface area contributed by atoms with Gasteiger partial charge in [-0.15, -0.1) is 0 Å². The number of nitrogens with zero attached hydrogens (tertiary/aromatic N) is 1. The van der Waals surface area contributed by atoms with Gasteiger partial charge in [-0.05, 0) is 12.0 Å². The highest BCUT2D eigenvalue weighted by Crippen LogP contribution is 2.38. The second-order valence-electron chi connectivity index (χ2n) is 5.14. The summed E-state index contributed by atoms with van der Waals surface area (Å²) in [7, 11) is 0. The van der Waals surface area contributed by atoms with Gasteiger partial charge in [-0.1, -0.05) is 13.8 Å². The third-order valence-electron chi connectivity index (χ3n) is 3.27. The molecule has 1 heterocycles. The van der Waals surface area contributed by atoms with Gasteiger partial charge in [-0.2, -0.15) is 0 Å². The van der Waals surface area contributed by atoms with Crippen molar-refractivity contribution >= 4 is 23.0 Å². The van der Waals surface area contributed by atoms with Crippen molar-refractivity contribution in [3.63, 3.8) is 0 Å². The molecule has 2 rings (SSSR count). The molecule has 8 heteroatoms. The van der Waals surface area contributed by atoms with Crippen molar-refractivity contribution in [1.29, 1.82) is 0 Å². The maximum atomic E-state index is 11.3. The number of hydrogen-bond donors (Lipinski definition) is 3. The van der Waals surface area contributed by atoms with Crippen LogP contribution >= 0.6 is 0 Å². The molecule has 1 aliphatic heterocycles. The SMILES string of the molecule is CC(C)C(CO)Nc1cc2c(cc1[N+](=O)[O-])OCC(=O)N2. The van der Waals surface area contributed by atoms with Crippen LogP contribution in [-0.2, 0) is 4.79 Å². The first-order valence-corrected chi connectivity index (χ1v) is 6.55. The Morgan fingerprint density at radius 3 is 2.81 bits per heavy atom. The molecule has 1 amide bonds. The fourth-order valence-corrected chi connectivity index (χ4v) is 2.01. The zero-order valence-electron chi connectivity index (χ0n) is 11.8. The summed E-state index contributed by atoms with van der Waals surface area (Å²) in [5.41, 5.74) is 0.445. The van der Waals surface area contributed by atoms with Crippen molar-refractivity contribution in [2.24, 2.45) is 5.92 Å². The van der Waals surface area contributed by atoms with Crippen LogP contribution in [0.3, 0.4) is 0 Å². The van der Waals surface area contributed by atoms with E-state index in [9.17, 15) is 20.0 Å². The number of anilines is 2. The Hall–Kier alpha value is -2.35. The lowest BCUT2D eigenvalue weighted by atomic mass is 10.0. The van der Waals surface area contributed by atoms with E-state index in [0.29, 0.717) is 5.69 Å². The summed E-state index contributed by atoms with van der Waals surface area (Å²) in [4.78, 5) is 22.0. The number of nitrogens with one attached hydrogen (secondary N) is 2. The molecule has 1 aromatic carbocycles. The van der Waals surface area contributed by atoms with Gasteiger partial charge in [0.1, 0.15) is 5.69 Å². The smallest absolute Gasteiger partial charge is 0.296 e.